The van der Waals surface area contributed by atoms with E-state index < -0.39 is 0 Å². The first kappa shape index (κ1) is 13.8. The minimum absolute atomic E-state index is 0.166. The molecule has 2 aliphatic rings. The van der Waals surface area contributed by atoms with Gasteiger partial charge in [0.05, 0.1) is 5.69 Å². The summed E-state index contributed by atoms with van der Waals surface area (Å²) in [6.07, 6.45) is 2.68. The van der Waals surface area contributed by atoms with Crippen molar-refractivity contribution in [3.8, 4) is 0 Å². The van der Waals surface area contributed by atoms with Gasteiger partial charge in [0.2, 0.25) is 0 Å². The van der Waals surface area contributed by atoms with Crippen LogP contribution in [0.1, 0.15) is 19.8 Å². The van der Waals surface area contributed by atoms with Crippen LogP contribution in [0.25, 0.3) is 0 Å². The van der Waals surface area contributed by atoms with Crippen molar-refractivity contribution in [2.45, 2.75) is 31.8 Å². The lowest BCUT2D eigenvalue weighted by atomic mass is 10.1. The lowest BCUT2D eigenvalue weighted by molar-refractivity contribution is 0.0627. The molecule has 2 fully saturated rings. The number of hydrogen-bond acceptors (Lipinski definition) is 3. The van der Waals surface area contributed by atoms with E-state index in [2.05, 4.69) is 22.0 Å². The fourth-order valence-electron chi connectivity index (χ4n) is 3.50. The molecule has 110 valence electrons. The van der Waals surface area contributed by atoms with Gasteiger partial charge >= 0.3 is 0 Å². The Kier molecular flexibility index (Phi) is 4.22. The summed E-state index contributed by atoms with van der Waals surface area (Å²) in [6, 6.07) is 8.25. The number of anilines is 1. The summed E-state index contributed by atoms with van der Waals surface area (Å²) in [6.45, 7) is 7.72. The molecule has 1 aromatic rings. The van der Waals surface area contributed by atoms with Crippen molar-refractivity contribution in [1.82, 2.24) is 9.80 Å². The number of fused-ring (bicyclic) bond motifs is 1. The standard InChI is InChI=1S/C16H24FN3/c1-13-11-20-9-4-5-14(20)12-19(13)10-8-18-16-7-3-2-6-15(16)17/h2-3,6-7,13-14,18H,4-5,8-12H2,1H3. The minimum Gasteiger partial charge on any atom is -0.381 e. The SMILES string of the molecule is CC1CN2CCCC2CN1CCNc1ccccc1F. The molecule has 3 rings (SSSR count). The van der Waals surface area contributed by atoms with Crippen molar-refractivity contribution in [3.05, 3.63) is 30.1 Å². The van der Waals surface area contributed by atoms with Crippen LogP contribution in [-0.4, -0.2) is 54.6 Å². The smallest absolute Gasteiger partial charge is 0.146 e. The maximum Gasteiger partial charge on any atom is 0.146 e. The maximum atomic E-state index is 13.5. The molecule has 2 unspecified atom stereocenters. The Morgan fingerprint density at radius 3 is 3.00 bits per heavy atom. The number of rotatable bonds is 4. The maximum absolute atomic E-state index is 13.5. The molecule has 0 aromatic heterocycles. The molecule has 4 heteroatoms. The molecule has 1 N–H and O–H groups in total. The molecule has 0 aliphatic carbocycles. The Hall–Kier alpha value is -1.13. The average Bonchev–Trinajstić information content (AvgIpc) is 2.88. The van der Waals surface area contributed by atoms with Crippen LogP contribution in [0.4, 0.5) is 10.1 Å². The number of halogens is 1. The van der Waals surface area contributed by atoms with Crippen LogP contribution >= 0.6 is 0 Å². The van der Waals surface area contributed by atoms with Crippen LogP contribution in [-0.2, 0) is 0 Å². The van der Waals surface area contributed by atoms with Crippen molar-refractivity contribution in [2.24, 2.45) is 0 Å². The van der Waals surface area contributed by atoms with Crippen LogP contribution in [0.5, 0.6) is 0 Å². The summed E-state index contributed by atoms with van der Waals surface area (Å²) < 4.78 is 13.5. The van der Waals surface area contributed by atoms with Gasteiger partial charge in [0.15, 0.2) is 0 Å². The van der Waals surface area contributed by atoms with Crippen molar-refractivity contribution in [3.63, 3.8) is 0 Å². The van der Waals surface area contributed by atoms with E-state index in [4.69, 9.17) is 0 Å². The first-order chi connectivity index (χ1) is 9.74. The van der Waals surface area contributed by atoms with Crippen LogP contribution in [0, 0.1) is 5.82 Å². The number of para-hydroxylation sites is 1. The first-order valence-electron chi connectivity index (χ1n) is 7.70. The zero-order chi connectivity index (χ0) is 13.9. The molecule has 0 saturated carbocycles. The molecule has 0 radical (unpaired) electrons. The summed E-state index contributed by atoms with van der Waals surface area (Å²) in [4.78, 5) is 5.17. The van der Waals surface area contributed by atoms with E-state index in [1.807, 2.05) is 6.07 Å². The third-order valence-electron chi connectivity index (χ3n) is 4.65. The predicted octanol–water partition coefficient (Wildman–Crippen LogP) is 2.41. The van der Waals surface area contributed by atoms with Crippen molar-refractivity contribution >= 4 is 5.69 Å². The Labute approximate surface area is 120 Å². The minimum atomic E-state index is -0.166. The Morgan fingerprint density at radius 1 is 1.30 bits per heavy atom. The second-order valence-corrected chi connectivity index (χ2v) is 6.04. The molecule has 3 nitrogen and oxygen atoms in total. The van der Waals surface area contributed by atoms with E-state index >= 15 is 0 Å². The van der Waals surface area contributed by atoms with E-state index in [-0.39, 0.29) is 5.82 Å². The lowest BCUT2D eigenvalue weighted by Gasteiger charge is -2.42. The molecule has 2 saturated heterocycles. The van der Waals surface area contributed by atoms with Gasteiger partial charge in [0.1, 0.15) is 5.82 Å². The molecule has 1 aromatic carbocycles. The summed E-state index contributed by atoms with van der Waals surface area (Å²) >= 11 is 0. The second kappa shape index (κ2) is 6.10. The second-order valence-electron chi connectivity index (χ2n) is 6.04. The van der Waals surface area contributed by atoms with Crippen LogP contribution in [0.15, 0.2) is 24.3 Å². The van der Waals surface area contributed by atoms with Gasteiger partial charge in [-0.3, -0.25) is 9.80 Å². The van der Waals surface area contributed by atoms with Crippen LogP contribution in [0.2, 0.25) is 0 Å². The van der Waals surface area contributed by atoms with Crippen molar-refractivity contribution in [1.29, 1.82) is 0 Å². The van der Waals surface area contributed by atoms with Gasteiger partial charge in [0.25, 0.3) is 0 Å². The van der Waals surface area contributed by atoms with E-state index in [9.17, 15) is 4.39 Å². The largest absolute Gasteiger partial charge is 0.381 e. The van der Waals surface area contributed by atoms with Crippen molar-refractivity contribution < 1.29 is 4.39 Å². The fraction of sp³-hybridized carbons (Fsp3) is 0.625. The molecule has 0 spiro atoms. The number of nitrogens with zero attached hydrogens (tertiary/aromatic N) is 2. The van der Waals surface area contributed by atoms with Gasteiger partial charge in [-0.15, -0.1) is 0 Å². The van der Waals surface area contributed by atoms with E-state index in [0.717, 1.165) is 19.1 Å². The molecular weight excluding hydrogens is 253 g/mol. The Morgan fingerprint density at radius 2 is 2.15 bits per heavy atom. The topological polar surface area (TPSA) is 18.5 Å². The van der Waals surface area contributed by atoms with Gasteiger partial charge in [-0.05, 0) is 38.4 Å². The number of benzene rings is 1. The molecular formula is C16H24FN3. The van der Waals surface area contributed by atoms with Gasteiger partial charge in [0, 0.05) is 38.3 Å². The summed E-state index contributed by atoms with van der Waals surface area (Å²) in [7, 11) is 0. The average molecular weight is 277 g/mol. The van der Waals surface area contributed by atoms with E-state index in [1.54, 1.807) is 12.1 Å². The third kappa shape index (κ3) is 2.96. The fourth-order valence-corrected chi connectivity index (χ4v) is 3.50. The van der Waals surface area contributed by atoms with E-state index in [1.165, 1.54) is 38.5 Å². The van der Waals surface area contributed by atoms with E-state index in [0.29, 0.717) is 11.7 Å². The quantitative estimate of drug-likeness (QED) is 0.912. The Bertz CT molecular complexity index is 451. The van der Waals surface area contributed by atoms with Gasteiger partial charge in [-0.1, -0.05) is 12.1 Å². The molecule has 0 amide bonds. The zero-order valence-corrected chi connectivity index (χ0v) is 12.2. The molecule has 0 bridgehead atoms. The number of piperazine rings is 1. The summed E-state index contributed by atoms with van der Waals surface area (Å²) in [5, 5.41) is 3.21. The third-order valence-corrected chi connectivity index (χ3v) is 4.65. The van der Waals surface area contributed by atoms with Crippen LogP contribution < -0.4 is 5.32 Å². The van der Waals surface area contributed by atoms with Crippen LogP contribution in [0.3, 0.4) is 0 Å². The van der Waals surface area contributed by atoms with Gasteiger partial charge in [-0.25, -0.2) is 4.39 Å². The highest BCUT2D eigenvalue weighted by molar-refractivity contribution is 5.44. The molecule has 2 aliphatic heterocycles. The monoisotopic (exact) mass is 277 g/mol. The van der Waals surface area contributed by atoms with Crippen molar-refractivity contribution in [2.75, 3.05) is 38.0 Å². The Balaban J connectivity index is 1.49. The lowest BCUT2D eigenvalue weighted by Crippen LogP contribution is -2.55. The molecule has 20 heavy (non-hydrogen) atoms. The highest BCUT2D eigenvalue weighted by Crippen LogP contribution is 2.24. The van der Waals surface area contributed by atoms with Gasteiger partial charge in [-0.2, -0.15) is 0 Å². The zero-order valence-electron chi connectivity index (χ0n) is 12.2. The molecule has 2 heterocycles. The highest BCUT2D eigenvalue weighted by Gasteiger charge is 2.33. The van der Waals surface area contributed by atoms with Gasteiger partial charge < -0.3 is 5.32 Å². The number of hydrogen-bond donors (Lipinski definition) is 1. The summed E-state index contributed by atoms with van der Waals surface area (Å²) in [5.41, 5.74) is 0.611. The summed E-state index contributed by atoms with van der Waals surface area (Å²) in [5.74, 6) is -0.166. The number of nitrogens with one attached hydrogen (secondary N) is 1. The first-order valence-corrected chi connectivity index (χ1v) is 7.70. The normalized spacial score (nSPS) is 27.5. The molecule has 2 atom stereocenters. The predicted molar refractivity (Wildman–Crippen MR) is 80.5 cm³/mol. The highest BCUT2D eigenvalue weighted by atomic mass is 19.1.